The standard InChI is InChI=1S/C14H24O3/c1-5-7-13(10-11(3)14(15)16)12(6-2)8-9-17-4/h7-8,11H,5-6,9-10H2,1-4H3,(H,15,16)/b12-8-,13-7-/t11-/m0/s1. The van der Waals surface area contributed by atoms with Crippen molar-refractivity contribution in [2.24, 2.45) is 5.92 Å². The zero-order valence-electron chi connectivity index (χ0n) is 11.3. The van der Waals surface area contributed by atoms with Crippen LogP contribution in [0.15, 0.2) is 23.3 Å². The number of rotatable bonds is 8. The minimum absolute atomic E-state index is 0.342. The van der Waals surface area contributed by atoms with Crippen molar-refractivity contribution in [1.82, 2.24) is 0 Å². The van der Waals surface area contributed by atoms with E-state index in [0.717, 1.165) is 18.4 Å². The van der Waals surface area contributed by atoms with Gasteiger partial charge in [-0.2, -0.15) is 0 Å². The summed E-state index contributed by atoms with van der Waals surface area (Å²) in [5, 5.41) is 8.96. The topological polar surface area (TPSA) is 46.5 Å². The summed E-state index contributed by atoms with van der Waals surface area (Å²) < 4.78 is 5.03. The Kier molecular flexibility index (Phi) is 8.42. The van der Waals surface area contributed by atoms with Crippen molar-refractivity contribution >= 4 is 5.97 Å². The molecule has 0 spiro atoms. The molecular formula is C14H24O3. The molecule has 0 aromatic rings. The Morgan fingerprint density at radius 2 is 1.94 bits per heavy atom. The Hall–Kier alpha value is -1.09. The quantitative estimate of drug-likeness (QED) is 0.661. The largest absolute Gasteiger partial charge is 0.481 e. The Morgan fingerprint density at radius 3 is 2.35 bits per heavy atom. The van der Waals surface area contributed by atoms with Crippen molar-refractivity contribution in [1.29, 1.82) is 0 Å². The molecule has 0 aliphatic carbocycles. The lowest BCUT2D eigenvalue weighted by Crippen LogP contribution is -2.11. The Labute approximate surface area is 104 Å². The molecule has 0 unspecified atom stereocenters. The number of hydrogen-bond acceptors (Lipinski definition) is 2. The van der Waals surface area contributed by atoms with Crippen molar-refractivity contribution in [2.75, 3.05) is 13.7 Å². The molecule has 1 atom stereocenters. The molecule has 0 fully saturated rings. The molecular weight excluding hydrogens is 216 g/mol. The maximum atomic E-state index is 10.9. The molecule has 0 aliphatic rings. The van der Waals surface area contributed by atoms with Gasteiger partial charge in [-0.25, -0.2) is 0 Å². The van der Waals surface area contributed by atoms with Crippen LogP contribution in [0, 0.1) is 5.92 Å². The molecule has 0 radical (unpaired) electrons. The number of hydrogen-bond donors (Lipinski definition) is 1. The summed E-state index contributed by atoms with van der Waals surface area (Å²) in [4.78, 5) is 10.9. The van der Waals surface area contributed by atoms with Crippen LogP contribution in [0.3, 0.4) is 0 Å². The van der Waals surface area contributed by atoms with Gasteiger partial charge < -0.3 is 9.84 Å². The van der Waals surface area contributed by atoms with Crippen LogP contribution in [-0.2, 0) is 9.53 Å². The molecule has 0 aromatic heterocycles. The van der Waals surface area contributed by atoms with Gasteiger partial charge in [0.05, 0.1) is 12.5 Å². The SMILES string of the molecule is CC/C=C(C[C@H](C)C(=O)O)\C(=C/COC)CC. The van der Waals surface area contributed by atoms with E-state index >= 15 is 0 Å². The van der Waals surface area contributed by atoms with E-state index in [1.165, 1.54) is 5.57 Å². The van der Waals surface area contributed by atoms with Crippen molar-refractivity contribution in [3.05, 3.63) is 23.3 Å². The van der Waals surface area contributed by atoms with Gasteiger partial charge in [0.15, 0.2) is 0 Å². The normalized spacial score (nSPS) is 14.8. The van der Waals surface area contributed by atoms with Gasteiger partial charge in [-0.15, -0.1) is 0 Å². The number of methoxy groups -OCH3 is 1. The van der Waals surface area contributed by atoms with E-state index in [4.69, 9.17) is 9.84 Å². The van der Waals surface area contributed by atoms with Gasteiger partial charge in [-0.05, 0) is 30.4 Å². The fourth-order valence-electron chi connectivity index (χ4n) is 1.70. The fourth-order valence-corrected chi connectivity index (χ4v) is 1.70. The summed E-state index contributed by atoms with van der Waals surface area (Å²) in [7, 11) is 1.66. The maximum Gasteiger partial charge on any atom is 0.306 e. The van der Waals surface area contributed by atoms with Gasteiger partial charge >= 0.3 is 5.97 Å². The van der Waals surface area contributed by atoms with E-state index in [0.29, 0.717) is 13.0 Å². The number of carboxylic acid groups (broad SMARTS) is 1. The van der Waals surface area contributed by atoms with Crippen LogP contribution in [-0.4, -0.2) is 24.8 Å². The summed E-state index contributed by atoms with van der Waals surface area (Å²) in [5.41, 5.74) is 2.34. The summed E-state index contributed by atoms with van der Waals surface area (Å²) in [6.07, 6.45) is 6.57. The van der Waals surface area contributed by atoms with Crippen LogP contribution >= 0.6 is 0 Å². The fraction of sp³-hybridized carbons (Fsp3) is 0.643. The van der Waals surface area contributed by atoms with Crippen molar-refractivity contribution in [3.8, 4) is 0 Å². The lowest BCUT2D eigenvalue weighted by Gasteiger charge is -2.13. The Morgan fingerprint density at radius 1 is 1.29 bits per heavy atom. The predicted octanol–water partition coefficient (Wildman–Crippen LogP) is 3.42. The first-order chi connectivity index (χ1) is 8.06. The Bertz CT molecular complexity index is 290. The monoisotopic (exact) mass is 240 g/mol. The molecule has 3 nitrogen and oxygen atoms in total. The van der Waals surface area contributed by atoms with E-state index in [2.05, 4.69) is 19.9 Å². The van der Waals surface area contributed by atoms with Gasteiger partial charge in [0.1, 0.15) is 0 Å². The van der Waals surface area contributed by atoms with E-state index in [-0.39, 0.29) is 5.92 Å². The number of carboxylic acids is 1. The van der Waals surface area contributed by atoms with Crippen molar-refractivity contribution in [3.63, 3.8) is 0 Å². The predicted molar refractivity (Wildman–Crippen MR) is 70.0 cm³/mol. The van der Waals surface area contributed by atoms with E-state index in [9.17, 15) is 4.79 Å². The Balaban J connectivity index is 4.82. The summed E-state index contributed by atoms with van der Waals surface area (Å²) in [5.74, 6) is -1.08. The third-order valence-electron chi connectivity index (χ3n) is 2.69. The van der Waals surface area contributed by atoms with E-state index in [1.807, 2.05) is 6.08 Å². The van der Waals surface area contributed by atoms with Crippen molar-refractivity contribution < 1.29 is 14.6 Å². The van der Waals surface area contributed by atoms with Gasteiger partial charge in [-0.3, -0.25) is 4.79 Å². The summed E-state index contributed by atoms with van der Waals surface area (Å²) in [6.45, 7) is 6.46. The minimum atomic E-state index is -0.741. The number of aliphatic carboxylic acids is 1. The van der Waals surface area contributed by atoms with Gasteiger partial charge in [0.25, 0.3) is 0 Å². The lowest BCUT2D eigenvalue weighted by atomic mass is 9.93. The molecule has 0 aromatic carbocycles. The van der Waals surface area contributed by atoms with Gasteiger partial charge in [0.2, 0.25) is 0 Å². The highest BCUT2D eigenvalue weighted by atomic mass is 16.5. The molecule has 0 rings (SSSR count). The second-order valence-electron chi connectivity index (χ2n) is 4.12. The molecule has 0 saturated carbocycles. The highest BCUT2D eigenvalue weighted by Crippen LogP contribution is 2.22. The smallest absolute Gasteiger partial charge is 0.306 e. The third-order valence-corrected chi connectivity index (χ3v) is 2.69. The van der Waals surface area contributed by atoms with Crippen LogP contribution < -0.4 is 0 Å². The molecule has 1 N–H and O–H groups in total. The third kappa shape index (κ3) is 6.27. The highest BCUT2D eigenvalue weighted by Gasteiger charge is 2.14. The molecule has 0 saturated heterocycles. The molecule has 3 heteroatoms. The highest BCUT2D eigenvalue weighted by molar-refractivity contribution is 5.70. The molecule has 0 bridgehead atoms. The van der Waals surface area contributed by atoms with E-state index < -0.39 is 5.97 Å². The molecule has 0 heterocycles. The van der Waals surface area contributed by atoms with Gasteiger partial charge in [0, 0.05) is 7.11 Å². The molecule has 17 heavy (non-hydrogen) atoms. The van der Waals surface area contributed by atoms with Crippen LogP contribution in [0.2, 0.25) is 0 Å². The zero-order chi connectivity index (χ0) is 13.3. The zero-order valence-corrected chi connectivity index (χ0v) is 11.3. The number of ether oxygens (including phenoxy) is 1. The second-order valence-corrected chi connectivity index (χ2v) is 4.12. The average Bonchev–Trinajstić information content (AvgIpc) is 2.29. The van der Waals surface area contributed by atoms with Crippen LogP contribution in [0.4, 0.5) is 0 Å². The average molecular weight is 240 g/mol. The molecule has 98 valence electrons. The second kappa shape index (κ2) is 8.99. The first-order valence-electron chi connectivity index (χ1n) is 6.16. The minimum Gasteiger partial charge on any atom is -0.481 e. The first-order valence-corrected chi connectivity index (χ1v) is 6.16. The van der Waals surface area contributed by atoms with E-state index in [1.54, 1.807) is 14.0 Å². The summed E-state index contributed by atoms with van der Waals surface area (Å²) >= 11 is 0. The first kappa shape index (κ1) is 15.9. The van der Waals surface area contributed by atoms with Crippen LogP contribution in [0.25, 0.3) is 0 Å². The molecule has 0 amide bonds. The lowest BCUT2D eigenvalue weighted by molar-refractivity contribution is -0.141. The number of allylic oxidation sites excluding steroid dienone is 3. The van der Waals surface area contributed by atoms with Crippen LogP contribution in [0.5, 0.6) is 0 Å². The maximum absolute atomic E-state index is 10.9. The van der Waals surface area contributed by atoms with Gasteiger partial charge in [-0.1, -0.05) is 32.9 Å². The number of carbonyl (C=O) groups is 1. The van der Waals surface area contributed by atoms with Crippen LogP contribution in [0.1, 0.15) is 40.0 Å². The van der Waals surface area contributed by atoms with Crippen molar-refractivity contribution in [2.45, 2.75) is 40.0 Å². The molecule has 0 aliphatic heterocycles. The summed E-state index contributed by atoms with van der Waals surface area (Å²) in [6, 6.07) is 0.